The molecule has 4 heteroatoms. The Hall–Kier alpha value is -0.880. The third-order valence-corrected chi connectivity index (χ3v) is 3.92. The lowest BCUT2D eigenvalue weighted by atomic mass is 10.2. The van der Waals surface area contributed by atoms with Crippen molar-refractivity contribution in [2.45, 2.75) is 6.92 Å². The molecule has 2 nitrogen and oxygen atoms in total. The maximum atomic E-state index is 10.8. The van der Waals surface area contributed by atoms with Gasteiger partial charge in [0.2, 0.25) is 0 Å². The standard InChI is InChI=1S/C12H9IO2S/c1-8(14)15-10-4-2-9(3-5-10)11-6-7-12(13)16-11/h2-7H,1H3. The number of carbonyl (C=O) groups is 1. The molecule has 0 N–H and O–H groups in total. The second-order valence-electron chi connectivity index (χ2n) is 3.22. The fraction of sp³-hybridized carbons (Fsp3) is 0.0833. The Morgan fingerprint density at radius 2 is 1.88 bits per heavy atom. The number of carbonyl (C=O) groups excluding carboxylic acids is 1. The number of hydrogen-bond donors (Lipinski definition) is 0. The summed E-state index contributed by atoms with van der Waals surface area (Å²) in [7, 11) is 0. The van der Waals surface area contributed by atoms with Crippen LogP contribution in [0.3, 0.4) is 0 Å². The molecule has 1 aromatic heterocycles. The summed E-state index contributed by atoms with van der Waals surface area (Å²) in [5, 5.41) is 0. The first-order valence-electron chi connectivity index (χ1n) is 4.69. The van der Waals surface area contributed by atoms with E-state index in [1.807, 2.05) is 24.3 Å². The van der Waals surface area contributed by atoms with Crippen LogP contribution < -0.4 is 4.74 Å². The zero-order valence-electron chi connectivity index (χ0n) is 8.57. The van der Waals surface area contributed by atoms with Gasteiger partial charge in [-0.2, -0.15) is 0 Å². The van der Waals surface area contributed by atoms with E-state index in [1.165, 1.54) is 14.7 Å². The van der Waals surface area contributed by atoms with Crippen molar-refractivity contribution >= 4 is 39.9 Å². The van der Waals surface area contributed by atoms with E-state index in [0.717, 1.165) is 5.56 Å². The number of esters is 1. The molecule has 1 aromatic carbocycles. The predicted octanol–water partition coefficient (Wildman–Crippen LogP) is 3.95. The molecule has 0 spiro atoms. The van der Waals surface area contributed by atoms with Gasteiger partial charge in [-0.15, -0.1) is 11.3 Å². The Morgan fingerprint density at radius 1 is 1.19 bits per heavy atom. The number of rotatable bonds is 2. The minimum absolute atomic E-state index is 0.293. The highest BCUT2D eigenvalue weighted by atomic mass is 127. The van der Waals surface area contributed by atoms with Gasteiger partial charge in [0.25, 0.3) is 0 Å². The lowest BCUT2D eigenvalue weighted by Gasteiger charge is -2.01. The van der Waals surface area contributed by atoms with Gasteiger partial charge >= 0.3 is 5.97 Å². The summed E-state index contributed by atoms with van der Waals surface area (Å²) in [6, 6.07) is 11.7. The predicted molar refractivity (Wildman–Crippen MR) is 73.8 cm³/mol. The molecule has 0 saturated heterocycles. The summed E-state index contributed by atoms with van der Waals surface area (Å²) < 4.78 is 6.23. The first-order valence-corrected chi connectivity index (χ1v) is 6.59. The minimum Gasteiger partial charge on any atom is -0.427 e. The van der Waals surface area contributed by atoms with Gasteiger partial charge in [0, 0.05) is 11.8 Å². The highest BCUT2D eigenvalue weighted by Gasteiger charge is 2.02. The summed E-state index contributed by atoms with van der Waals surface area (Å²) >= 11 is 4.04. The highest BCUT2D eigenvalue weighted by Crippen LogP contribution is 2.29. The maximum Gasteiger partial charge on any atom is 0.308 e. The summed E-state index contributed by atoms with van der Waals surface area (Å²) in [5.74, 6) is 0.293. The molecule has 0 unspecified atom stereocenters. The van der Waals surface area contributed by atoms with Crippen LogP contribution in [0, 0.1) is 2.88 Å². The normalized spacial score (nSPS) is 10.1. The third kappa shape index (κ3) is 2.82. The van der Waals surface area contributed by atoms with Gasteiger partial charge in [-0.3, -0.25) is 4.79 Å². The Labute approximate surface area is 111 Å². The molecule has 16 heavy (non-hydrogen) atoms. The molecule has 2 rings (SSSR count). The molecule has 0 aliphatic carbocycles. The zero-order valence-corrected chi connectivity index (χ0v) is 11.5. The molecule has 0 amide bonds. The number of hydrogen-bond acceptors (Lipinski definition) is 3. The Kier molecular flexibility index (Phi) is 3.60. The van der Waals surface area contributed by atoms with E-state index in [2.05, 4.69) is 34.7 Å². The molecule has 0 bridgehead atoms. The average Bonchev–Trinajstić information content (AvgIpc) is 2.65. The quantitative estimate of drug-likeness (QED) is 0.469. The SMILES string of the molecule is CC(=O)Oc1ccc(-c2ccc(I)s2)cc1. The molecule has 1 heterocycles. The van der Waals surface area contributed by atoms with E-state index in [9.17, 15) is 4.79 Å². The van der Waals surface area contributed by atoms with Gasteiger partial charge in [-0.05, 0) is 64.6 Å². The number of halogens is 1. The second kappa shape index (κ2) is 4.97. The van der Waals surface area contributed by atoms with Crippen molar-refractivity contribution in [2.75, 3.05) is 0 Å². The maximum absolute atomic E-state index is 10.8. The van der Waals surface area contributed by atoms with Crippen molar-refractivity contribution in [1.82, 2.24) is 0 Å². The van der Waals surface area contributed by atoms with E-state index in [4.69, 9.17) is 4.74 Å². The fourth-order valence-corrected chi connectivity index (χ4v) is 2.95. The number of ether oxygens (including phenoxy) is 1. The van der Waals surface area contributed by atoms with E-state index in [0.29, 0.717) is 5.75 Å². The minimum atomic E-state index is -0.293. The summed E-state index contributed by atoms with van der Waals surface area (Å²) in [4.78, 5) is 12.0. The second-order valence-corrected chi connectivity index (χ2v) is 6.20. The van der Waals surface area contributed by atoms with Crippen LogP contribution in [0.5, 0.6) is 5.75 Å². The van der Waals surface area contributed by atoms with Crippen LogP contribution in [-0.4, -0.2) is 5.97 Å². The van der Waals surface area contributed by atoms with Crippen LogP contribution in [0.15, 0.2) is 36.4 Å². The van der Waals surface area contributed by atoms with Crippen molar-refractivity contribution in [3.05, 3.63) is 39.3 Å². The molecule has 82 valence electrons. The van der Waals surface area contributed by atoms with Crippen LogP contribution in [0.2, 0.25) is 0 Å². The lowest BCUT2D eigenvalue weighted by molar-refractivity contribution is -0.131. The molecule has 0 fully saturated rings. The van der Waals surface area contributed by atoms with Crippen LogP contribution >= 0.6 is 33.9 Å². The zero-order chi connectivity index (χ0) is 11.5. The van der Waals surface area contributed by atoms with Crippen LogP contribution in [0.25, 0.3) is 10.4 Å². The van der Waals surface area contributed by atoms with Gasteiger partial charge in [0.05, 0.1) is 2.88 Å². The van der Waals surface area contributed by atoms with Crippen molar-refractivity contribution in [3.8, 4) is 16.2 Å². The monoisotopic (exact) mass is 344 g/mol. The van der Waals surface area contributed by atoms with E-state index in [-0.39, 0.29) is 5.97 Å². The third-order valence-electron chi connectivity index (χ3n) is 1.97. The first kappa shape index (κ1) is 11.6. The largest absolute Gasteiger partial charge is 0.427 e. The molecular formula is C12H9IO2S. The molecule has 0 aliphatic rings. The van der Waals surface area contributed by atoms with Crippen LogP contribution in [0.1, 0.15) is 6.92 Å². The summed E-state index contributed by atoms with van der Waals surface area (Å²) in [6.07, 6.45) is 0. The Balaban J connectivity index is 2.22. The molecule has 0 radical (unpaired) electrons. The average molecular weight is 344 g/mol. The lowest BCUT2D eigenvalue weighted by Crippen LogP contribution is -2.00. The molecule has 0 atom stereocenters. The topological polar surface area (TPSA) is 26.3 Å². The van der Waals surface area contributed by atoms with Crippen molar-refractivity contribution in [1.29, 1.82) is 0 Å². The van der Waals surface area contributed by atoms with E-state index >= 15 is 0 Å². The van der Waals surface area contributed by atoms with Gasteiger partial charge in [0.1, 0.15) is 5.75 Å². The number of benzene rings is 1. The first-order chi connectivity index (χ1) is 7.65. The van der Waals surface area contributed by atoms with E-state index < -0.39 is 0 Å². The molecular weight excluding hydrogens is 335 g/mol. The summed E-state index contributed by atoms with van der Waals surface area (Å²) in [5.41, 5.74) is 1.14. The van der Waals surface area contributed by atoms with Gasteiger partial charge in [-0.1, -0.05) is 0 Å². The highest BCUT2D eigenvalue weighted by molar-refractivity contribution is 14.1. The van der Waals surface area contributed by atoms with Gasteiger partial charge in [-0.25, -0.2) is 0 Å². The van der Waals surface area contributed by atoms with Crippen LogP contribution in [-0.2, 0) is 4.79 Å². The van der Waals surface area contributed by atoms with Crippen molar-refractivity contribution in [3.63, 3.8) is 0 Å². The fourth-order valence-electron chi connectivity index (χ4n) is 1.32. The molecule has 0 aliphatic heterocycles. The van der Waals surface area contributed by atoms with E-state index in [1.54, 1.807) is 11.3 Å². The summed E-state index contributed by atoms with van der Waals surface area (Å²) in [6.45, 7) is 1.40. The Bertz CT molecular complexity index is 502. The molecule has 2 aromatic rings. The van der Waals surface area contributed by atoms with Crippen molar-refractivity contribution in [2.24, 2.45) is 0 Å². The van der Waals surface area contributed by atoms with Gasteiger partial charge < -0.3 is 4.74 Å². The molecule has 0 saturated carbocycles. The van der Waals surface area contributed by atoms with Gasteiger partial charge in [0.15, 0.2) is 0 Å². The van der Waals surface area contributed by atoms with Crippen LogP contribution in [0.4, 0.5) is 0 Å². The smallest absolute Gasteiger partial charge is 0.308 e. The Morgan fingerprint density at radius 3 is 2.38 bits per heavy atom. The van der Waals surface area contributed by atoms with Crippen molar-refractivity contribution < 1.29 is 9.53 Å². The number of thiophene rings is 1.